The van der Waals surface area contributed by atoms with Crippen molar-refractivity contribution in [2.45, 2.75) is 12.6 Å². The van der Waals surface area contributed by atoms with Gasteiger partial charge in [-0.1, -0.05) is 17.3 Å². The molecule has 0 fully saturated rings. The maximum Gasteiger partial charge on any atom is 0.189 e. The number of aromatic nitrogens is 2. The zero-order valence-corrected chi connectivity index (χ0v) is 14.3. The van der Waals surface area contributed by atoms with Crippen molar-refractivity contribution >= 4 is 5.82 Å². The van der Waals surface area contributed by atoms with Crippen LogP contribution in [0.2, 0.25) is 0 Å². The molecule has 0 bridgehead atoms. The Bertz CT molecular complexity index is 1010. The summed E-state index contributed by atoms with van der Waals surface area (Å²) in [6, 6.07) is 11.5. The largest absolute Gasteiger partial charge is 0.467 e. The van der Waals surface area contributed by atoms with E-state index in [0.717, 1.165) is 11.3 Å². The molecule has 1 aliphatic heterocycles. The van der Waals surface area contributed by atoms with E-state index >= 15 is 0 Å². The van der Waals surface area contributed by atoms with Gasteiger partial charge < -0.3 is 20.3 Å². The number of halogens is 1. The number of pyridine rings is 1. The van der Waals surface area contributed by atoms with Crippen LogP contribution >= 0.6 is 0 Å². The maximum atomic E-state index is 13.2. The maximum absolute atomic E-state index is 13.2. The van der Waals surface area contributed by atoms with E-state index in [-0.39, 0.29) is 12.0 Å². The number of anilines is 1. The van der Waals surface area contributed by atoms with E-state index in [1.165, 1.54) is 12.1 Å². The molecule has 0 spiro atoms. The molecule has 0 saturated heterocycles. The third-order valence-corrected chi connectivity index (χ3v) is 4.03. The summed E-state index contributed by atoms with van der Waals surface area (Å²) in [4.78, 5) is 4.05. The molecule has 2 aromatic heterocycles. The smallest absolute Gasteiger partial charge is 0.189 e. The fourth-order valence-electron chi connectivity index (χ4n) is 2.73. The van der Waals surface area contributed by atoms with Crippen LogP contribution in [0.5, 0.6) is 5.75 Å². The second kappa shape index (κ2) is 7.33. The number of ether oxygens (including phenoxy) is 1. The van der Waals surface area contributed by atoms with Gasteiger partial charge in [0, 0.05) is 31.0 Å². The van der Waals surface area contributed by atoms with Crippen LogP contribution in [0.25, 0.3) is 11.3 Å². The Morgan fingerprint density at radius 3 is 2.93 bits per heavy atom. The number of benzene rings is 1. The van der Waals surface area contributed by atoms with Crippen molar-refractivity contribution in [2.75, 3.05) is 5.73 Å². The number of nitrogens with one attached hydrogen (secondary N) is 1. The summed E-state index contributed by atoms with van der Waals surface area (Å²) < 4.78 is 24.3. The van der Waals surface area contributed by atoms with Gasteiger partial charge in [-0.2, -0.15) is 0 Å². The van der Waals surface area contributed by atoms with Gasteiger partial charge in [-0.3, -0.25) is 0 Å². The summed E-state index contributed by atoms with van der Waals surface area (Å²) in [6.07, 6.45) is 7.49. The Kier molecular flexibility index (Phi) is 4.57. The molecule has 0 aliphatic carbocycles. The van der Waals surface area contributed by atoms with E-state index in [1.807, 2.05) is 30.5 Å². The lowest BCUT2D eigenvalue weighted by Gasteiger charge is -2.20. The van der Waals surface area contributed by atoms with Gasteiger partial charge in [-0.05, 0) is 35.9 Å². The van der Waals surface area contributed by atoms with Crippen LogP contribution in [-0.4, -0.2) is 16.4 Å². The number of allylic oxidation sites excluding steroid dienone is 2. The number of nitrogens with zero attached hydrogens (tertiary/aromatic N) is 2. The number of hydrogen-bond acceptors (Lipinski definition) is 6. The van der Waals surface area contributed by atoms with Crippen LogP contribution in [0, 0.1) is 5.82 Å². The third-order valence-electron chi connectivity index (χ3n) is 4.03. The van der Waals surface area contributed by atoms with E-state index in [9.17, 15) is 4.39 Å². The van der Waals surface area contributed by atoms with Gasteiger partial charge in [-0.15, -0.1) is 0 Å². The van der Waals surface area contributed by atoms with Gasteiger partial charge in [0.25, 0.3) is 0 Å². The summed E-state index contributed by atoms with van der Waals surface area (Å²) in [5.74, 6) is 1.11. The van der Waals surface area contributed by atoms with Crippen molar-refractivity contribution in [3.05, 3.63) is 84.1 Å². The van der Waals surface area contributed by atoms with Crippen molar-refractivity contribution in [3.63, 3.8) is 0 Å². The molecule has 3 aromatic rings. The highest BCUT2D eigenvalue weighted by molar-refractivity contribution is 5.69. The Balaban J connectivity index is 1.38. The van der Waals surface area contributed by atoms with Gasteiger partial charge in [-0.25, -0.2) is 9.37 Å². The highest BCUT2D eigenvalue weighted by Gasteiger charge is 2.14. The van der Waals surface area contributed by atoms with Crippen LogP contribution < -0.4 is 15.8 Å². The summed E-state index contributed by atoms with van der Waals surface area (Å²) in [6.45, 7) is 0. The van der Waals surface area contributed by atoms with Gasteiger partial charge in [0.15, 0.2) is 12.0 Å². The molecular weight excluding hydrogens is 347 g/mol. The van der Waals surface area contributed by atoms with E-state index in [4.69, 9.17) is 15.0 Å². The van der Waals surface area contributed by atoms with Crippen molar-refractivity contribution in [1.82, 2.24) is 15.5 Å². The molecule has 27 heavy (non-hydrogen) atoms. The predicted octanol–water partition coefficient (Wildman–Crippen LogP) is 3.45. The quantitative estimate of drug-likeness (QED) is 0.721. The zero-order chi connectivity index (χ0) is 18.6. The lowest BCUT2D eigenvalue weighted by atomic mass is 10.1. The molecule has 0 saturated carbocycles. The molecule has 1 atom stereocenters. The molecule has 7 heteroatoms. The van der Waals surface area contributed by atoms with Gasteiger partial charge >= 0.3 is 0 Å². The Labute approximate surface area is 155 Å². The molecule has 0 radical (unpaired) electrons. The first-order chi connectivity index (χ1) is 13.2. The Morgan fingerprint density at radius 1 is 1.22 bits per heavy atom. The summed E-state index contributed by atoms with van der Waals surface area (Å²) in [5.41, 5.74) is 8.36. The van der Waals surface area contributed by atoms with Crippen molar-refractivity contribution in [1.29, 1.82) is 0 Å². The lowest BCUT2D eigenvalue weighted by molar-refractivity contribution is 0.225. The Morgan fingerprint density at radius 2 is 2.15 bits per heavy atom. The minimum absolute atomic E-state index is 0.334. The van der Waals surface area contributed by atoms with Crippen LogP contribution in [-0.2, 0) is 6.42 Å². The zero-order valence-electron chi connectivity index (χ0n) is 14.3. The third kappa shape index (κ3) is 3.98. The molecule has 3 heterocycles. The van der Waals surface area contributed by atoms with Gasteiger partial charge in [0.1, 0.15) is 17.4 Å². The van der Waals surface area contributed by atoms with Gasteiger partial charge in [0.2, 0.25) is 0 Å². The van der Waals surface area contributed by atoms with Crippen molar-refractivity contribution < 1.29 is 13.7 Å². The number of nitrogens with two attached hydrogens (primary N) is 1. The molecule has 0 amide bonds. The molecule has 1 unspecified atom stereocenters. The van der Waals surface area contributed by atoms with E-state index in [0.29, 0.717) is 29.3 Å². The molecule has 3 N–H and O–H groups in total. The molecule has 6 nitrogen and oxygen atoms in total. The average Bonchev–Trinajstić information content (AvgIpc) is 3.12. The highest BCUT2D eigenvalue weighted by atomic mass is 19.1. The minimum Gasteiger partial charge on any atom is -0.467 e. The topological polar surface area (TPSA) is 86.2 Å². The summed E-state index contributed by atoms with van der Waals surface area (Å²) in [5, 5.41) is 7.21. The number of hydrogen-bond donors (Lipinski definition) is 2. The molecule has 136 valence electrons. The lowest BCUT2D eigenvalue weighted by Crippen LogP contribution is -2.30. The molecular formula is C20H17FN4O2. The average molecular weight is 364 g/mol. The van der Waals surface area contributed by atoms with Crippen LogP contribution in [0.4, 0.5) is 10.2 Å². The fraction of sp³-hybridized carbons (Fsp3) is 0.100. The number of rotatable bonds is 5. The first kappa shape index (κ1) is 16.8. The number of dihydropyridines is 1. The van der Waals surface area contributed by atoms with Gasteiger partial charge in [0.05, 0.1) is 11.3 Å². The molecule has 1 aromatic carbocycles. The fourth-order valence-corrected chi connectivity index (χ4v) is 2.73. The van der Waals surface area contributed by atoms with Crippen molar-refractivity contribution in [3.8, 4) is 17.1 Å². The van der Waals surface area contributed by atoms with Crippen LogP contribution in [0.3, 0.4) is 0 Å². The highest BCUT2D eigenvalue weighted by Crippen LogP contribution is 2.25. The first-order valence-electron chi connectivity index (χ1n) is 8.39. The van der Waals surface area contributed by atoms with Crippen LogP contribution in [0.1, 0.15) is 5.69 Å². The van der Waals surface area contributed by atoms with E-state index in [1.54, 1.807) is 24.4 Å². The second-order valence-corrected chi connectivity index (χ2v) is 6.04. The normalized spacial score (nSPS) is 15.9. The SMILES string of the molecule is Nc1ncccc1-c1cc(CC2=CNC(Oc3cccc(F)c3)C=C2)no1. The Hall–Kier alpha value is -3.61. The van der Waals surface area contributed by atoms with E-state index < -0.39 is 0 Å². The number of nitrogen functional groups attached to an aromatic ring is 1. The standard InChI is InChI=1S/C20H17FN4O2/c21-14-3-1-4-16(10-14)26-19-7-6-13(12-24-19)9-15-11-18(27-25-15)17-5-2-8-23-20(17)22/h1-8,10-12,19,24H,9H2,(H2,22,23). The van der Waals surface area contributed by atoms with Crippen molar-refractivity contribution in [2.24, 2.45) is 0 Å². The first-order valence-corrected chi connectivity index (χ1v) is 8.39. The van der Waals surface area contributed by atoms with E-state index in [2.05, 4.69) is 15.5 Å². The molecule has 4 rings (SSSR count). The molecule has 1 aliphatic rings. The monoisotopic (exact) mass is 364 g/mol. The minimum atomic E-state index is -0.362. The predicted molar refractivity (Wildman–Crippen MR) is 99.0 cm³/mol. The second-order valence-electron chi connectivity index (χ2n) is 6.04. The summed E-state index contributed by atoms with van der Waals surface area (Å²) >= 11 is 0. The van der Waals surface area contributed by atoms with Crippen LogP contribution in [0.15, 0.2) is 77.1 Å². The summed E-state index contributed by atoms with van der Waals surface area (Å²) in [7, 11) is 0.